The average molecular weight is 329 g/mol. The molecular weight excluding hydrogens is 306 g/mol. The smallest absolute Gasteiger partial charge is 0.274 e. The van der Waals surface area contributed by atoms with Gasteiger partial charge in [0.25, 0.3) is 5.91 Å². The Hall–Kier alpha value is -2.50. The van der Waals surface area contributed by atoms with Gasteiger partial charge in [0, 0.05) is 25.8 Å². The highest BCUT2D eigenvalue weighted by molar-refractivity contribution is 5.92. The molecule has 1 amide bonds. The van der Waals surface area contributed by atoms with Gasteiger partial charge in [0.2, 0.25) is 6.79 Å². The molecular formula is C18H23N3O3. The lowest BCUT2D eigenvalue weighted by atomic mass is 10.1. The van der Waals surface area contributed by atoms with Gasteiger partial charge in [-0.05, 0) is 37.1 Å². The monoisotopic (exact) mass is 329 g/mol. The van der Waals surface area contributed by atoms with Gasteiger partial charge in [0.1, 0.15) is 0 Å². The van der Waals surface area contributed by atoms with Crippen molar-refractivity contribution in [2.45, 2.75) is 33.2 Å². The fourth-order valence-corrected chi connectivity index (χ4v) is 2.69. The number of hydrogen-bond donors (Lipinski definition) is 0. The van der Waals surface area contributed by atoms with Crippen LogP contribution in [-0.2, 0) is 13.6 Å². The van der Waals surface area contributed by atoms with Gasteiger partial charge < -0.3 is 14.4 Å². The van der Waals surface area contributed by atoms with Gasteiger partial charge in [-0.2, -0.15) is 5.10 Å². The topological polar surface area (TPSA) is 56.6 Å². The van der Waals surface area contributed by atoms with Gasteiger partial charge >= 0.3 is 0 Å². The average Bonchev–Trinajstić information content (AvgIpc) is 3.17. The minimum absolute atomic E-state index is 0.0372. The van der Waals surface area contributed by atoms with E-state index < -0.39 is 0 Å². The highest BCUT2D eigenvalue weighted by atomic mass is 16.7. The standard InChI is InChI=1S/C18H23N3O3/c1-4-5-8-21(18(22)15-9-13(2)20(3)19-15)11-14-6-7-16-17(10-14)24-12-23-16/h6-7,9-10H,4-5,8,11-12H2,1-3H3. The largest absolute Gasteiger partial charge is 0.454 e. The van der Waals surface area contributed by atoms with Crippen LogP contribution >= 0.6 is 0 Å². The highest BCUT2D eigenvalue weighted by Gasteiger charge is 2.20. The summed E-state index contributed by atoms with van der Waals surface area (Å²) in [5.74, 6) is 1.46. The van der Waals surface area contributed by atoms with Crippen LogP contribution in [-0.4, -0.2) is 33.9 Å². The van der Waals surface area contributed by atoms with Crippen molar-refractivity contribution < 1.29 is 14.3 Å². The molecule has 0 atom stereocenters. The van der Waals surface area contributed by atoms with Crippen LogP contribution in [0.15, 0.2) is 24.3 Å². The SMILES string of the molecule is CCCCN(Cc1ccc2c(c1)OCO2)C(=O)c1cc(C)n(C)n1. The second-order valence-electron chi connectivity index (χ2n) is 6.06. The van der Waals surface area contributed by atoms with Crippen molar-refractivity contribution in [3.8, 4) is 11.5 Å². The number of nitrogens with zero attached hydrogens (tertiary/aromatic N) is 3. The van der Waals surface area contributed by atoms with Crippen LogP contribution in [0.2, 0.25) is 0 Å². The molecule has 0 saturated carbocycles. The van der Waals surface area contributed by atoms with E-state index in [1.165, 1.54) is 0 Å². The summed E-state index contributed by atoms with van der Waals surface area (Å²) in [5, 5.41) is 4.32. The predicted molar refractivity (Wildman–Crippen MR) is 90.2 cm³/mol. The van der Waals surface area contributed by atoms with Gasteiger partial charge in [-0.15, -0.1) is 0 Å². The molecule has 2 aromatic rings. The van der Waals surface area contributed by atoms with Crippen LogP contribution in [0.3, 0.4) is 0 Å². The van der Waals surface area contributed by atoms with E-state index in [0.29, 0.717) is 18.8 Å². The molecule has 0 N–H and O–H groups in total. The van der Waals surface area contributed by atoms with Crippen molar-refractivity contribution in [3.05, 3.63) is 41.2 Å². The molecule has 0 spiro atoms. The van der Waals surface area contributed by atoms with Gasteiger partial charge in [0.05, 0.1) is 0 Å². The first-order chi connectivity index (χ1) is 11.6. The molecule has 6 nitrogen and oxygen atoms in total. The van der Waals surface area contributed by atoms with E-state index in [4.69, 9.17) is 9.47 Å². The minimum Gasteiger partial charge on any atom is -0.454 e. The van der Waals surface area contributed by atoms with Gasteiger partial charge in [-0.1, -0.05) is 19.4 Å². The molecule has 1 aromatic carbocycles. The van der Waals surface area contributed by atoms with Crippen LogP contribution in [0.5, 0.6) is 11.5 Å². The van der Waals surface area contributed by atoms with E-state index in [-0.39, 0.29) is 12.7 Å². The van der Waals surface area contributed by atoms with Crippen LogP contribution < -0.4 is 9.47 Å². The Labute approximate surface area is 142 Å². The maximum atomic E-state index is 12.8. The van der Waals surface area contributed by atoms with E-state index in [0.717, 1.165) is 35.6 Å². The Bertz CT molecular complexity index is 720. The third kappa shape index (κ3) is 3.37. The normalized spacial score (nSPS) is 12.5. The summed E-state index contributed by atoms with van der Waals surface area (Å²) >= 11 is 0. The maximum Gasteiger partial charge on any atom is 0.274 e. The molecule has 0 fully saturated rings. The number of unbranched alkanes of at least 4 members (excludes halogenated alkanes) is 1. The number of rotatable bonds is 6. The molecule has 24 heavy (non-hydrogen) atoms. The first kappa shape index (κ1) is 16.4. The number of fused-ring (bicyclic) bond motifs is 1. The van der Waals surface area contributed by atoms with Crippen molar-refractivity contribution in [1.29, 1.82) is 0 Å². The minimum atomic E-state index is -0.0372. The summed E-state index contributed by atoms with van der Waals surface area (Å²) in [6, 6.07) is 7.65. The summed E-state index contributed by atoms with van der Waals surface area (Å²) in [4.78, 5) is 14.7. The van der Waals surface area contributed by atoms with Gasteiger partial charge in [-0.3, -0.25) is 9.48 Å². The van der Waals surface area contributed by atoms with E-state index in [1.807, 2.05) is 43.1 Å². The number of carbonyl (C=O) groups is 1. The lowest BCUT2D eigenvalue weighted by Crippen LogP contribution is -2.32. The van der Waals surface area contributed by atoms with Crippen LogP contribution in [0.25, 0.3) is 0 Å². The Morgan fingerprint density at radius 3 is 2.79 bits per heavy atom. The van der Waals surface area contributed by atoms with Crippen molar-refractivity contribution in [2.75, 3.05) is 13.3 Å². The molecule has 1 aliphatic heterocycles. The fourth-order valence-electron chi connectivity index (χ4n) is 2.69. The van der Waals surface area contributed by atoms with Crippen molar-refractivity contribution in [3.63, 3.8) is 0 Å². The summed E-state index contributed by atoms with van der Waals surface area (Å²) < 4.78 is 12.5. The Balaban J connectivity index is 1.79. The second-order valence-corrected chi connectivity index (χ2v) is 6.06. The number of hydrogen-bond acceptors (Lipinski definition) is 4. The highest BCUT2D eigenvalue weighted by Crippen LogP contribution is 2.32. The zero-order valence-electron chi connectivity index (χ0n) is 14.4. The third-order valence-electron chi connectivity index (χ3n) is 4.21. The Morgan fingerprint density at radius 1 is 1.29 bits per heavy atom. The predicted octanol–water partition coefficient (Wildman–Crippen LogP) is 2.90. The summed E-state index contributed by atoms with van der Waals surface area (Å²) in [6.07, 6.45) is 1.99. The number of amides is 1. The van der Waals surface area contributed by atoms with Crippen LogP contribution in [0.1, 0.15) is 41.5 Å². The molecule has 128 valence electrons. The van der Waals surface area contributed by atoms with Crippen molar-refractivity contribution >= 4 is 5.91 Å². The molecule has 0 unspecified atom stereocenters. The number of carbonyl (C=O) groups excluding carboxylic acids is 1. The summed E-state index contributed by atoms with van der Waals surface area (Å²) in [7, 11) is 1.85. The maximum absolute atomic E-state index is 12.8. The Morgan fingerprint density at radius 2 is 2.08 bits per heavy atom. The number of benzene rings is 1. The van der Waals surface area contributed by atoms with Crippen LogP contribution in [0, 0.1) is 6.92 Å². The van der Waals surface area contributed by atoms with E-state index in [9.17, 15) is 4.79 Å². The van der Waals surface area contributed by atoms with Crippen molar-refractivity contribution in [1.82, 2.24) is 14.7 Å². The third-order valence-corrected chi connectivity index (χ3v) is 4.21. The quantitative estimate of drug-likeness (QED) is 0.818. The molecule has 0 bridgehead atoms. The fraction of sp³-hybridized carbons (Fsp3) is 0.444. The van der Waals surface area contributed by atoms with E-state index in [1.54, 1.807) is 4.68 Å². The molecule has 0 saturated heterocycles. The zero-order chi connectivity index (χ0) is 17.1. The summed E-state index contributed by atoms with van der Waals surface area (Å²) in [6.45, 7) is 5.56. The molecule has 6 heteroatoms. The van der Waals surface area contributed by atoms with Crippen LogP contribution in [0.4, 0.5) is 0 Å². The zero-order valence-corrected chi connectivity index (χ0v) is 14.4. The molecule has 1 aromatic heterocycles. The molecule has 2 heterocycles. The Kier molecular flexibility index (Phi) is 4.74. The van der Waals surface area contributed by atoms with Gasteiger partial charge in [-0.25, -0.2) is 0 Å². The van der Waals surface area contributed by atoms with E-state index >= 15 is 0 Å². The molecule has 0 radical (unpaired) electrons. The van der Waals surface area contributed by atoms with Crippen molar-refractivity contribution in [2.24, 2.45) is 7.05 Å². The number of aryl methyl sites for hydroxylation is 2. The first-order valence-electron chi connectivity index (χ1n) is 8.27. The summed E-state index contributed by atoms with van der Waals surface area (Å²) in [5.41, 5.74) is 2.49. The lowest BCUT2D eigenvalue weighted by Gasteiger charge is -2.22. The van der Waals surface area contributed by atoms with E-state index in [2.05, 4.69) is 12.0 Å². The van der Waals surface area contributed by atoms with Gasteiger partial charge in [0.15, 0.2) is 17.2 Å². The molecule has 3 rings (SSSR count). The second kappa shape index (κ2) is 6.95. The first-order valence-corrected chi connectivity index (χ1v) is 8.27. The number of aromatic nitrogens is 2. The molecule has 0 aliphatic carbocycles. The molecule has 1 aliphatic rings. The number of ether oxygens (including phenoxy) is 2. The lowest BCUT2D eigenvalue weighted by molar-refractivity contribution is 0.0734.